The van der Waals surface area contributed by atoms with Crippen molar-refractivity contribution in [1.29, 1.82) is 0 Å². The van der Waals surface area contributed by atoms with Gasteiger partial charge in [0.1, 0.15) is 5.69 Å². The Balaban J connectivity index is 2.44. The highest BCUT2D eigenvalue weighted by molar-refractivity contribution is 5.94. The minimum Gasteiger partial charge on any atom is -0.461 e. The van der Waals surface area contributed by atoms with E-state index in [1.807, 2.05) is 30.3 Å². The number of benzene rings is 1. The van der Waals surface area contributed by atoms with Crippen LogP contribution in [0.4, 0.5) is 5.95 Å². The maximum atomic E-state index is 11.7. The predicted octanol–water partition coefficient (Wildman–Crippen LogP) is 1.84. The molecule has 1 heterocycles. The van der Waals surface area contributed by atoms with E-state index in [4.69, 9.17) is 10.5 Å². The predicted molar refractivity (Wildman–Crippen MR) is 64.4 cm³/mol. The van der Waals surface area contributed by atoms with Crippen LogP contribution in [-0.2, 0) is 4.74 Å². The maximum absolute atomic E-state index is 11.7. The molecule has 0 aliphatic heterocycles. The van der Waals surface area contributed by atoms with Gasteiger partial charge in [-0.2, -0.15) is 0 Å². The summed E-state index contributed by atoms with van der Waals surface area (Å²) in [6, 6.07) is 9.35. The van der Waals surface area contributed by atoms with Gasteiger partial charge in [0.25, 0.3) is 0 Å². The summed E-state index contributed by atoms with van der Waals surface area (Å²) >= 11 is 0. The van der Waals surface area contributed by atoms with E-state index in [1.54, 1.807) is 6.92 Å². The Morgan fingerprint density at radius 3 is 2.76 bits per heavy atom. The van der Waals surface area contributed by atoms with Gasteiger partial charge in [-0.05, 0) is 6.92 Å². The third-order valence-electron chi connectivity index (χ3n) is 2.25. The number of aromatic nitrogens is 2. The quantitative estimate of drug-likeness (QED) is 0.790. The van der Waals surface area contributed by atoms with Crippen LogP contribution in [0.5, 0.6) is 0 Å². The van der Waals surface area contributed by atoms with E-state index in [0.717, 1.165) is 5.56 Å². The van der Waals surface area contributed by atoms with Gasteiger partial charge in [-0.15, -0.1) is 0 Å². The smallest absolute Gasteiger partial charge is 0.357 e. The molecule has 0 aliphatic carbocycles. The topological polar surface area (TPSA) is 81.0 Å². The molecule has 0 saturated heterocycles. The number of nitrogen functional groups attached to an aromatic ring is 1. The first-order valence-corrected chi connectivity index (χ1v) is 5.30. The number of hydrogen-bond acceptors (Lipinski definition) is 4. The third kappa shape index (κ3) is 2.28. The molecule has 17 heavy (non-hydrogen) atoms. The molecule has 0 atom stereocenters. The van der Waals surface area contributed by atoms with Gasteiger partial charge in [-0.3, -0.25) is 0 Å². The van der Waals surface area contributed by atoms with Gasteiger partial charge in [0.2, 0.25) is 0 Å². The van der Waals surface area contributed by atoms with Gasteiger partial charge in [0.15, 0.2) is 11.6 Å². The van der Waals surface area contributed by atoms with Gasteiger partial charge in [-0.25, -0.2) is 9.78 Å². The summed E-state index contributed by atoms with van der Waals surface area (Å²) in [6.45, 7) is 2.06. The normalized spacial score (nSPS) is 10.2. The molecule has 2 rings (SSSR count). The Bertz CT molecular complexity index is 520. The van der Waals surface area contributed by atoms with Gasteiger partial charge >= 0.3 is 5.97 Å². The van der Waals surface area contributed by atoms with Crippen molar-refractivity contribution >= 4 is 11.9 Å². The fourth-order valence-electron chi connectivity index (χ4n) is 1.55. The first kappa shape index (κ1) is 11.2. The number of imidazole rings is 1. The number of nitrogens with zero attached hydrogens (tertiary/aromatic N) is 1. The number of ether oxygens (including phenoxy) is 1. The van der Waals surface area contributed by atoms with Crippen LogP contribution in [-0.4, -0.2) is 22.5 Å². The number of hydrogen-bond donors (Lipinski definition) is 2. The molecule has 0 aliphatic rings. The molecule has 2 aromatic rings. The second-order valence-corrected chi connectivity index (χ2v) is 3.43. The number of rotatable bonds is 3. The Morgan fingerprint density at radius 1 is 1.41 bits per heavy atom. The van der Waals surface area contributed by atoms with Crippen molar-refractivity contribution in [3.05, 3.63) is 36.0 Å². The van der Waals surface area contributed by atoms with Crippen LogP contribution in [0, 0.1) is 0 Å². The van der Waals surface area contributed by atoms with E-state index >= 15 is 0 Å². The average Bonchev–Trinajstić information content (AvgIpc) is 2.73. The van der Waals surface area contributed by atoms with Crippen LogP contribution >= 0.6 is 0 Å². The van der Waals surface area contributed by atoms with E-state index in [2.05, 4.69) is 9.97 Å². The van der Waals surface area contributed by atoms with Crippen molar-refractivity contribution in [1.82, 2.24) is 9.97 Å². The molecule has 5 heteroatoms. The van der Waals surface area contributed by atoms with Gasteiger partial charge in [0, 0.05) is 5.56 Å². The van der Waals surface area contributed by atoms with E-state index in [9.17, 15) is 4.79 Å². The molecule has 5 nitrogen and oxygen atoms in total. The number of carbonyl (C=O) groups excluding carboxylic acids is 1. The summed E-state index contributed by atoms with van der Waals surface area (Å²) in [5.74, 6) is -0.248. The molecule has 1 aromatic carbocycles. The summed E-state index contributed by atoms with van der Waals surface area (Å²) in [7, 11) is 0. The van der Waals surface area contributed by atoms with Crippen molar-refractivity contribution in [2.45, 2.75) is 6.92 Å². The van der Waals surface area contributed by atoms with Crippen molar-refractivity contribution < 1.29 is 9.53 Å². The summed E-state index contributed by atoms with van der Waals surface area (Å²) in [6.07, 6.45) is 0. The lowest BCUT2D eigenvalue weighted by Crippen LogP contribution is -2.06. The molecule has 1 aromatic heterocycles. The molecule has 0 radical (unpaired) electrons. The molecule has 3 N–H and O–H groups in total. The van der Waals surface area contributed by atoms with E-state index in [-0.39, 0.29) is 11.6 Å². The molecular formula is C12H13N3O2. The first-order chi connectivity index (χ1) is 8.22. The minimum absolute atomic E-state index is 0.201. The number of anilines is 1. The standard InChI is InChI=1S/C12H13N3O2/c1-2-17-11(16)10-9(14-12(13)15-10)8-6-4-3-5-7-8/h3-7H,2H2,1H3,(H3,13,14,15). The van der Waals surface area contributed by atoms with Crippen molar-refractivity contribution in [2.24, 2.45) is 0 Å². The zero-order valence-electron chi connectivity index (χ0n) is 9.43. The third-order valence-corrected chi connectivity index (χ3v) is 2.25. The molecule has 0 fully saturated rings. The van der Waals surface area contributed by atoms with Gasteiger partial charge in [0.05, 0.1) is 6.61 Å². The Hall–Kier alpha value is -2.30. The highest BCUT2D eigenvalue weighted by atomic mass is 16.5. The Morgan fingerprint density at radius 2 is 2.12 bits per heavy atom. The van der Waals surface area contributed by atoms with E-state index in [0.29, 0.717) is 12.3 Å². The van der Waals surface area contributed by atoms with Crippen LogP contribution in [0.25, 0.3) is 11.3 Å². The van der Waals surface area contributed by atoms with Gasteiger partial charge < -0.3 is 15.5 Å². The Kier molecular flexibility index (Phi) is 3.09. The fourth-order valence-corrected chi connectivity index (χ4v) is 1.55. The summed E-state index contributed by atoms with van der Waals surface area (Å²) in [5.41, 5.74) is 7.20. The molecule has 0 saturated carbocycles. The van der Waals surface area contributed by atoms with E-state index in [1.165, 1.54) is 0 Å². The highest BCUT2D eigenvalue weighted by Gasteiger charge is 2.18. The fraction of sp³-hybridized carbons (Fsp3) is 0.167. The molecule has 88 valence electrons. The number of H-pyrrole nitrogens is 1. The second-order valence-electron chi connectivity index (χ2n) is 3.43. The van der Waals surface area contributed by atoms with Crippen LogP contribution in [0.1, 0.15) is 17.4 Å². The average molecular weight is 231 g/mol. The number of nitrogens with two attached hydrogens (primary N) is 1. The Labute approximate surface area is 98.6 Å². The van der Waals surface area contributed by atoms with Crippen molar-refractivity contribution in [2.75, 3.05) is 12.3 Å². The van der Waals surface area contributed by atoms with Crippen molar-refractivity contribution in [3.8, 4) is 11.3 Å². The van der Waals surface area contributed by atoms with Gasteiger partial charge in [-0.1, -0.05) is 30.3 Å². The molecular weight excluding hydrogens is 218 g/mol. The number of carbonyl (C=O) groups is 1. The maximum Gasteiger partial charge on any atom is 0.357 e. The first-order valence-electron chi connectivity index (χ1n) is 5.30. The number of esters is 1. The van der Waals surface area contributed by atoms with Crippen LogP contribution in [0.15, 0.2) is 30.3 Å². The molecule has 0 unspecified atom stereocenters. The summed E-state index contributed by atoms with van der Waals surface area (Å²) in [4.78, 5) is 18.5. The second kappa shape index (κ2) is 4.69. The zero-order valence-corrected chi connectivity index (χ0v) is 9.43. The number of nitrogens with one attached hydrogen (secondary N) is 1. The summed E-state index contributed by atoms with van der Waals surface area (Å²) < 4.78 is 4.94. The zero-order chi connectivity index (χ0) is 12.3. The SMILES string of the molecule is CCOC(=O)c1[nH]c(N)nc1-c1ccccc1. The lowest BCUT2D eigenvalue weighted by Gasteiger charge is -2.02. The molecule has 0 bridgehead atoms. The van der Waals surface area contributed by atoms with Crippen LogP contribution in [0.2, 0.25) is 0 Å². The largest absolute Gasteiger partial charge is 0.461 e. The molecule has 0 spiro atoms. The number of aromatic amines is 1. The lowest BCUT2D eigenvalue weighted by molar-refractivity contribution is 0.0521. The van der Waals surface area contributed by atoms with E-state index < -0.39 is 5.97 Å². The monoisotopic (exact) mass is 231 g/mol. The van der Waals surface area contributed by atoms with Crippen LogP contribution in [0.3, 0.4) is 0 Å². The minimum atomic E-state index is -0.449. The highest BCUT2D eigenvalue weighted by Crippen LogP contribution is 2.22. The van der Waals surface area contributed by atoms with Crippen LogP contribution < -0.4 is 5.73 Å². The summed E-state index contributed by atoms with van der Waals surface area (Å²) in [5, 5.41) is 0. The lowest BCUT2D eigenvalue weighted by atomic mass is 10.1. The molecule has 0 amide bonds. The van der Waals surface area contributed by atoms with Crippen molar-refractivity contribution in [3.63, 3.8) is 0 Å².